The van der Waals surface area contributed by atoms with Crippen molar-refractivity contribution < 1.29 is 0 Å². The van der Waals surface area contributed by atoms with Gasteiger partial charge in [0, 0.05) is 16.8 Å². The SMILES string of the molecule is CC(C)(C)n1cc(-c2nc3sc4c(c3c(=O)[nH]2)CCSC4)cn1. The van der Waals surface area contributed by atoms with Gasteiger partial charge in [0.1, 0.15) is 10.7 Å². The molecule has 5 nitrogen and oxygen atoms in total. The highest BCUT2D eigenvalue weighted by Gasteiger charge is 2.21. The minimum absolute atomic E-state index is 0.0297. The molecule has 1 aliphatic heterocycles. The lowest BCUT2D eigenvalue weighted by molar-refractivity contribution is 0.355. The van der Waals surface area contributed by atoms with Gasteiger partial charge in [0.25, 0.3) is 5.56 Å². The number of thioether (sulfide) groups is 1. The molecule has 0 fully saturated rings. The molecule has 4 rings (SSSR count). The molecule has 0 radical (unpaired) electrons. The Kier molecular flexibility index (Phi) is 3.39. The monoisotopic (exact) mass is 346 g/mol. The molecule has 0 unspecified atom stereocenters. The van der Waals surface area contributed by atoms with E-state index < -0.39 is 0 Å². The topological polar surface area (TPSA) is 63.6 Å². The smallest absolute Gasteiger partial charge is 0.260 e. The zero-order chi connectivity index (χ0) is 16.2. The second kappa shape index (κ2) is 5.21. The number of aromatic nitrogens is 4. The first-order valence-corrected chi connectivity index (χ1v) is 9.58. The van der Waals surface area contributed by atoms with Crippen molar-refractivity contribution in [3.8, 4) is 11.4 Å². The largest absolute Gasteiger partial charge is 0.306 e. The van der Waals surface area contributed by atoms with E-state index in [0.717, 1.165) is 33.7 Å². The van der Waals surface area contributed by atoms with E-state index in [1.807, 2.05) is 22.6 Å². The normalized spacial score (nSPS) is 15.1. The summed E-state index contributed by atoms with van der Waals surface area (Å²) in [7, 11) is 0. The summed E-state index contributed by atoms with van der Waals surface area (Å²) < 4.78 is 1.89. The third kappa shape index (κ3) is 2.52. The number of H-pyrrole nitrogens is 1. The third-order valence-corrected chi connectivity index (χ3v) is 6.31. The summed E-state index contributed by atoms with van der Waals surface area (Å²) in [5.74, 6) is 2.68. The van der Waals surface area contributed by atoms with Crippen LogP contribution in [0.5, 0.6) is 0 Å². The van der Waals surface area contributed by atoms with Gasteiger partial charge in [-0.3, -0.25) is 9.48 Å². The molecule has 23 heavy (non-hydrogen) atoms. The number of hydrogen-bond acceptors (Lipinski definition) is 5. The van der Waals surface area contributed by atoms with E-state index in [1.54, 1.807) is 17.5 Å². The van der Waals surface area contributed by atoms with E-state index in [1.165, 1.54) is 10.4 Å². The van der Waals surface area contributed by atoms with Gasteiger partial charge >= 0.3 is 0 Å². The van der Waals surface area contributed by atoms with Gasteiger partial charge in [-0.05, 0) is 38.5 Å². The summed E-state index contributed by atoms with van der Waals surface area (Å²) >= 11 is 3.58. The fourth-order valence-corrected chi connectivity index (χ4v) is 5.13. The van der Waals surface area contributed by atoms with Crippen LogP contribution in [0.4, 0.5) is 0 Å². The Morgan fingerprint density at radius 1 is 1.35 bits per heavy atom. The lowest BCUT2D eigenvalue weighted by atomic mass is 10.1. The maximum Gasteiger partial charge on any atom is 0.260 e. The van der Waals surface area contributed by atoms with Crippen molar-refractivity contribution in [1.82, 2.24) is 19.7 Å². The molecule has 0 saturated heterocycles. The summed E-state index contributed by atoms with van der Waals surface area (Å²) in [6.45, 7) is 6.27. The molecule has 0 bridgehead atoms. The molecule has 7 heteroatoms. The molecule has 0 aromatic carbocycles. The van der Waals surface area contributed by atoms with Crippen LogP contribution >= 0.6 is 23.1 Å². The number of thiophene rings is 1. The van der Waals surface area contributed by atoms with E-state index in [0.29, 0.717) is 5.82 Å². The molecule has 0 aliphatic carbocycles. The highest BCUT2D eigenvalue weighted by atomic mass is 32.2. The van der Waals surface area contributed by atoms with E-state index in [4.69, 9.17) is 4.98 Å². The van der Waals surface area contributed by atoms with Crippen molar-refractivity contribution >= 4 is 33.3 Å². The molecule has 0 spiro atoms. The Morgan fingerprint density at radius 3 is 2.91 bits per heavy atom. The summed E-state index contributed by atoms with van der Waals surface area (Å²) in [5, 5.41) is 5.18. The van der Waals surface area contributed by atoms with Crippen molar-refractivity contribution in [2.75, 3.05) is 5.75 Å². The van der Waals surface area contributed by atoms with E-state index >= 15 is 0 Å². The summed E-state index contributed by atoms with van der Waals surface area (Å²) in [5.41, 5.74) is 1.93. The molecule has 3 aromatic heterocycles. The molecule has 1 N–H and O–H groups in total. The summed E-state index contributed by atoms with van der Waals surface area (Å²) in [6, 6.07) is 0. The van der Waals surface area contributed by atoms with Gasteiger partial charge in [-0.25, -0.2) is 4.98 Å². The highest BCUT2D eigenvalue weighted by molar-refractivity contribution is 7.98. The number of fused-ring (bicyclic) bond motifs is 3. The van der Waals surface area contributed by atoms with Gasteiger partial charge in [0.05, 0.1) is 22.7 Å². The van der Waals surface area contributed by atoms with Gasteiger partial charge in [-0.15, -0.1) is 11.3 Å². The Hall–Kier alpha value is -1.60. The van der Waals surface area contributed by atoms with Crippen LogP contribution in [-0.4, -0.2) is 25.5 Å². The van der Waals surface area contributed by atoms with Crippen LogP contribution in [-0.2, 0) is 17.7 Å². The number of nitrogens with zero attached hydrogens (tertiary/aromatic N) is 3. The Morgan fingerprint density at radius 2 is 2.17 bits per heavy atom. The standard InChI is InChI=1S/C16H18N4OS2/c1-16(2,3)20-7-9(6-17-20)13-18-14(21)12-10-4-5-22-8-11(10)23-15(12)19-13/h6-7H,4-5,8H2,1-3H3,(H,18,19,21). The zero-order valence-electron chi connectivity index (χ0n) is 13.3. The number of aromatic amines is 1. The molecule has 120 valence electrons. The second-order valence-corrected chi connectivity index (χ2v) is 8.93. The van der Waals surface area contributed by atoms with Crippen LogP contribution < -0.4 is 5.56 Å². The molecule has 0 saturated carbocycles. The molecule has 4 heterocycles. The van der Waals surface area contributed by atoms with Crippen molar-refractivity contribution in [3.63, 3.8) is 0 Å². The molecule has 0 atom stereocenters. The molecular formula is C16H18N4OS2. The predicted octanol–water partition coefficient (Wildman–Crippen LogP) is 3.39. The number of aryl methyl sites for hydroxylation is 1. The van der Waals surface area contributed by atoms with E-state index in [2.05, 4.69) is 30.9 Å². The quantitative estimate of drug-likeness (QED) is 0.733. The Bertz CT molecular complexity index is 945. The number of hydrogen-bond donors (Lipinski definition) is 1. The van der Waals surface area contributed by atoms with Gasteiger partial charge in [0.15, 0.2) is 0 Å². The lowest BCUT2D eigenvalue weighted by Gasteiger charge is -2.18. The lowest BCUT2D eigenvalue weighted by Crippen LogP contribution is -2.21. The van der Waals surface area contributed by atoms with Crippen molar-refractivity contribution in [2.45, 2.75) is 38.5 Å². The Labute approximate surface area is 142 Å². The maximum atomic E-state index is 12.6. The Balaban J connectivity index is 1.86. The highest BCUT2D eigenvalue weighted by Crippen LogP contribution is 2.35. The first-order chi connectivity index (χ1) is 10.9. The van der Waals surface area contributed by atoms with Gasteiger partial charge in [-0.2, -0.15) is 16.9 Å². The van der Waals surface area contributed by atoms with Gasteiger partial charge in [-0.1, -0.05) is 0 Å². The molecule has 3 aromatic rings. The van der Waals surface area contributed by atoms with Crippen LogP contribution in [0.1, 0.15) is 31.2 Å². The zero-order valence-corrected chi connectivity index (χ0v) is 15.0. The molecule has 0 amide bonds. The summed E-state index contributed by atoms with van der Waals surface area (Å²) in [4.78, 5) is 22.4. The third-order valence-electron chi connectivity index (χ3n) is 4.02. The van der Waals surface area contributed by atoms with Crippen molar-refractivity contribution in [1.29, 1.82) is 0 Å². The average Bonchev–Trinajstić information content (AvgIpc) is 3.11. The van der Waals surface area contributed by atoms with Gasteiger partial charge < -0.3 is 4.98 Å². The minimum Gasteiger partial charge on any atom is -0.306 e. The van der Waals surface area contributed by atoms with Crippen LogP contribution in [0.3, 0.4) is 0 Å². The predicted molar refractivity (Wildman–Crippen MR) is 96.3 cm³/mol. The second-order valence-electron chi connectivity index (χ2n) is 6.75. The van der Waals surface area contributed by atoms with E-state index in [-0.39, 0.29) is 11.1 Å². The first kappa shape index (κ1) is 15.0. The summed E-state index contributed by atoms with van der Waals surface area (Å²) in [6.07, 6.45) is 4.66. The minimum atomic E-state index is -0.0953. The van der Waals surface area contributed by atoms with Crippen molar-refractivity contribution in [2.24, 2.45) is 0 Å². The van der Waals surface area contributed by atoms with Crippen LogP contribution in [0.15, 0.2) is 17.2 Å². The van der Waals surface area contributed by atoms with Crippen LogP contribution in [0, 0.1) is 0 Å². The van der Waals surface area contributed by atoms with Crippen LogP contribution in [0.25, 0.3) is 21.6 Å². The number of nitrogens with one attached hydrogen (secondary N) is 1. The maximum absolute atomic E-state index is 12.6. The van der Waals surface area contributed by atoms with Gasteiger partial charge in [0.2, 0.25) is 0 Å². The van der Waals surface area contributed by atoms with E-state index in [9.17, 15) is 4.79 Å². The fourth-order valence-electron chi connectivity index (χ4n) is 2.78. The number of rotatable bonds is 1. The van der Waals surface area contributed by atoms with Crippen molar-refractivity contribution in [3.05, 3.63) is 33.2 Å². The van der Waals surface area contributed by atoms with Crippen LogP contribution in [0.2, 0.25) is 0 Å². The average molecular weight is 346 g/mol. The molecular weight excluding hydrogens is 328 g/mol. The first-order valence-electron chi connectivity index (χ1n) is 7.61. The fraction of sp³-hybridized carbons (Fsp3) is 0.438. The molecule has 1 aliphatic rings.